The summed E-state index contributed by atoms with van der Waals surface area (Å²) in [6.07, 6.45) is 0. The molecule has 7 heteroatoms. The maximum atomic E-state index is 12.4. The van der Waals surface area contributed by atoms with Gasteiger partial charge in [-0.25, -0.2) is 9.98 Å². The van der Waals surface area contributed by atoms with E-state index in [1.54, 1.807) is 11.3 Å². The van der Waals surface area contributed by atoms with Crippen molar-refractivity contribution in [2.75, 3.05) is 26.7 Å². The molecule has 0 saturated carbocycles. The molecule has 1 amide bonds. The minimum atomic E-state index is 0.0756. The second kappa shape index (κ2) is 10.8. The maximum Gasteiger partial charge on any atom is 0.253 e. The first-order valence-corrected chi connectivity index (χ1v) is 10.6. The zero-order valence-corrected chi connectivity index (χ0v) is 18.3. The number of carbonyl (C=O) groups is 1. The SMILES string of the molecule is CCNC(=NCc1ccc(C(=O)N(CC)CC)cc1)N(C)Cc1csc(C)n1. The fourth-order valence-corrected chi connectivity index (χ4v) is 3.48. The normalized spacial score (nSPS) is 11.4. The number of aryl methyl sites for hydroxylation is 1. The molecule has 0 aliphatic carbocycles. The Bertz CT molecular complexity index is 780. The number of benzene rings is 1. The molecule has 0 unspecified atom stereocenters. The van der Waals surface area contributed by atoms with Gasteiger partial charge in [-0.05, 0) is 45.4 Å². The number of aliphatic imine (C=N–C) groups is 1. The monoisotopic (exact) mass is 401 g/mol. The summed E-state index contributed by atoms with van der Waals surface area (Å²) in [5, 5.41) is 6.49. The van der Waals surface area contributed by atoms with E-state index < -0.39 is 0 Å². The molecule has 1 aromatic heterocycles. The molecule has 152 valence electrons. The third-order valence-electron chi connectivity index (χ3n) is 4.43. The van der Waals surface area contributed by atoms with Gasteiger partial charge in [0.25, 0.3) is 5.91 Å². The third-order valence-corrected chi connectivity index (χ3v) is 5.25. The van der Waals surface area contributed by atoms with Gasteiger partial charge in [0.2, 0.25) is 0 Å². The van der Waals surface area contributed by atoms with E-state index >= 15 is 0 Å². The predicted molar refractivity (Wildman–Crippen MR) is 117 cm³/mol. The fraction of sp³-hybridized carbons (Fsp3) is 0.476. The highest BCUT2D eigenvalue weighted by Gasteiger charge is 2.12. The van der Waals surface area contributed by atoms with E-state index in [0.29, 0.717) is 13.1 Å². The van der Waals surface area contributed by atoms with Gasteiger partial charge >= 0.3 is 0 Å². The van der Waals surface area contributed by atoms with Crippen molar-refractivity contribution in [2.24, 2.45) is 4.99 Å². The first kappa shape index (κ1) is 21.9. The number of aromatic nitrogens is 1. The van der Waals surface area contributed by atoms with Crippen LogP contribution in [0.15, 0.2) is 34.6 Å². The van der Waals surface area contributed by atoms with Gasteiger partial charge in [0, 0.05) is 37.6 Å². The van der Waals surface area contributed by atoms with Crippen LogP contribution in [0.5, 0.6) is 0 Å². The molecule has 1 N–H and O–H groups in total. The van der Waals surface area contributed by atoms with Crippen molar-refractivity contribution >= 4 is 23.2 Å². The minimum absolute atomic E-state index is 0.0756. The Morgan fingerprint density at radius 1 is 1.18 bits per heavy atom. The second-order valence-corrected chi connectivity index (χ2v) is 7.62. The lowest BCUT2D eigenvalue weighted by atomic mass is 10.1. The van der Waals surface area contributed by atoms with Crippen LogP contribution in [0.1, 0.15) is 47.4 Å². The average Bonchev–Trinajstić information content (AvgIpc) is 3.10. The van der Waals surface area contributed by atoms with Crippen molar-refractivity contribution in [3.63, 3.8) is 0 Å². The summed E-state index contributed by atoms with van der Waals surface area (Å²) in [4.78, 5) is 25.6. The van der Waals surface area contributed by atoms with Gasteiger partial charge in [-0.3, -0.25) is 4.79 Å². The first-order valence-electron chi connectivity index (χ1n) is 9.77. The molecule has 0 aliphatic rings. The molecule has 6 nitrogen and oxygen atoms in total. The number of carbonyl (C=O) groups excluding carboxylic acids is 1. The van der Waals surface area contributed by atoms with Crippen LogP contribution in [0.25, 0.3) is 0 Å². The van der Waals surface area contributed by atoms with Gasteiger partial charge in [0.15, 0.2) is 5.96 Å². The van der Waals surface area contributed by atoms with E-state index in [-0.39, 0.29) is 5.91 Å². The number of thiazole rings is 1. The van der Waals surface area contributed by atoms with Crippen LogP contribution in [0.2, 0.25) is 0 Å². The minimum Gasteiger partial charge on any atom is -0.357 e. The van der Waals surface area contributed by atoms with Crippen molar-refractivity contribution in [3.05, 3.63) is 51.5 Å². The summed E-state index contributed by atoms with van der Waals surface area (Å²) in [7, 11) is 2.02. The van der Waals surface area contributed by atoms with Crippen LogP contribution < -0.4 is 5.32 Å². The van der Waals surface area contributed by atoms with Crippen LogP contribution in [0.3, 0.4) is 0 Å². The number of nitrogens with zero attached hydrogens (tertiary/aromatic N) is 4. The van der Waals surface area contributed by atoms with Crippen molar-refractivity contribution in [1.82, 2.24) is 20.1 Å². The predicted octanol–water partition coefficient (Wildman–Crippen LogP) is 3.53. The zero-order valence-electron chi connectivity index (χ0n) is 17.5. The highest BCUT2D eigenvalue weighted by atomic mass is 32.1. The Morgan fingerprint density at radius 2 is 1.86 bits per heavy atom. The zero-order chi connectivity index (χ0) is 20.5. The van der Waals surface area contributed by atoms with E-state index in [4.69, 9.17) is 4.99 Å². The van der Waals surface area contributed by atoms with Crippen LogP contribution in [0, 0.1) is 6.92 Å². The molecule has 0 spiro atoms. The number of hydrogen-bond donors (Lipinski definition) is 1. The molecule has 0 fully saturated rings. The van der Waals surface area contributed by atoms with E-state index in [1.807, 2.05) is 57.0 Å². The smallest absolute Gasteiger partial charge is 0.253 e. The Hall–Kier alpha value is -2.41. The van der Waals surface area contributed by atoms with Crippen molar-refractivity contribution < 1.29 is 4.79 Å². The van der Waals surface area contributed by atoms with Crippen LogP contribution in [-0.2, 0) is 13.1 Å². The number of amides is 1. The molecule has 1 heterocycles. The standard InChI is InChI=1S/C21H31N5OS/c1-6-22-21(25(5)14-19-15-28-16(4)24-19)23-13-17-9-11-18(12-10-17)20(27)26(7-2)8-3/h9-12,15H,6-8,13-14H2,1-5H3,(H,22,23). The van der Waals surface area contributed by atoms with Gasteiger partial charge < -0.3 is 15.1 Å². The molecule has 0 radical (unpaired) electrons. The highest BCUT2D eigenvalue weighted by molar-refractivity contribution is 7.09. The molecule has 2 rings (SSSR count). The Labute approximate surface area is 172 Å². The maximum absolute atomic E-state index is 12.4. The number of hydrogen-bond acceptors (Lipinski definition) is 4. The van der Waals surface area contributed by atoms with Crippen LogP contribution in [0.4, 0.5) is 0 Å². The van der Waals surface area contributed by atoms with Crippen LogP contribution in [-0.4, -0.2) is 53.3 Å². The lowest BCUT2D eigenvalue weighted by Gasteiger charge is -2.21. The molecule has 2 aromatic rings. The Balaban J connectivity index is 2.04. The number of guanidine groups is 1. The topological polar surface area (TPSA) is 60.8 Å². The summed E-state index contributed by atoms with van der Waals surface area (Å²) in [5.41, 5.74) is 2.85. The quantitative estimate of drug-likeness (QED) is 0.543. The van der Waals surface area contributed by atoms with Gasteiger partial charge in [-0.1, -0.05) is 12.1 Å². The van der Waals surface area contributed by atoms with Crippen molar-refractivity contribution in [2.45, 2.75) is 40.8 Å². The van der Waals surface area contributed by atoms with Gasteiger partial charge in [-0.2, -0.15) is 0 Å². The van der Waals surface area contributed by atoms with Crippen LogP contribution >= 0.6 is 11.3 Å². The lowest BCUT2D eigenvalue weighted by molar-refractivity contribution is 0.0773. The van der Waals surface area contributed by atoms with E-state index in [2.05, 4.69) is 27.5 Å². The van der Waals surface area contributed by atoms with Gasteiger partial charge in [-0.15, -0.1) is 11.3 Å². The molecular weight excluding hydrogens is 370 g/mol. The molecular formula is C21H31N5OS. The number of nitrogens with one attached hydrogen (secondary N) is 1. The molecule has 1 aromatic carbocycles. The van der Waals surface area contributed by atoms with Crippen molar-refractivity contribution in [3.8, 4) is 0 Å². The largest absolute Gasteiger partial charge is 0.357 e. The summed E-state index contributed by atoms with van der Waals surface area (Å²) >= 11 is 1.66. The average molecular weight is 402 g/mol. The Kier molecular flexibility index (Phi) is 8.44. The third kappa shape index (κ3) is 6.05. The molecule has 28 heavy (non-hydrogen) atoms. The molecule has 0 atom stereocenters. The Morgan fingerprint density at radius 3 is 2.39 bits per heavy atom. The summed E-state index contributed by atoms with van der Waals surface area (Å²) < 4.78 is 0. The van der Waals surface area contributed by atoms with Gasteiger partial charge in [0.05, 0.1) is 23.8 Å². The van der Waals surface area contributed by atoms with Crippen molar-refractivity contribution in [1.29, 1.82) is 0 Å². The molecule has 0 aliphatic heterocycles. The van der Waals surface area contributed by atoms with E-state index in [0.717, 1.165) is 47.4 Å². The lowest BCUT2D eigenvalue weighted by Crippen LogP contribution is -2.38. The summed E-state index contributed by atoms with van der Waals surface area (Å²) in [6.45, 7) is 11.6. The first-order chi connectivity index (χ1) is 13.5. The summed E-state index contributed by atoms with van der Waals surface area (Å²) in [6, 6.07) is 7.74. The molecule has 0 bridgehead atoms. The van der Waals surface area contributed by atoms with Gasteiger partial charge in [0.1, 0.15) is 0 Å². The highest BCUT2D eigenvalue weighted by Crippen LogP contribution is 2.11. The number of rotatable bonds is 8. The molecule has 0 saturated heterocycles. The van der Waals surface area contributed by atoms with E-state index in [9.17, 15) is 4.79 Å². The second-order valence-electron chi connectivity index (χ2n) is 6.56. The summed E-state index contributed by atoms with van der Waals surface area (Å²) in [5.74, 6) is 0.920. The fourth-order valence-electron chi connectivity index (χ4n) is 2.88. The van der Waals surface area contributed by atoms with E-state index in [1.165, 1.54) is 0 Å².